The summed E-state index contributed by atoms with van der Waals surface area (Å²) in [4.78, 5) is 29.8. The van der Waals surface area contributed by atoms with Crippen molar-refractivity contribution in [3.8, 4) is 5.75 Å². The highest BCUT2D eigenvalue weighted by Crippen LogP contribution is 2.60. The molecule has 1 saturated heterocycles. The van der Waals surface area contributed by atoms with E-state index in [9.17, 15) is 14.7 Å². The predicted octanol–water partition coefficient (Wildman–Crippen LogP) is 6.09. The van der Waals surface area contributed by atoms with E-state index in [-0.39, 0.29) is 36.0 Å². The molecule has 0 bridgehead atoms. The largest absolute Gasteiger partial charge is 0.497 e. The summed E-state index contributed by atoms with van der Waals surface area (Å²) in [5.74, 6) is 0.263. The van der Waals surface area contributed by atoms with E-state index in [1.165, 1.54) is 5.19 Å². The number of carbonyl (C=O) groups excluding carboxylic acids is 2. The van der Waals surface area contributed by atoms with Crippen molar-refractivity contribution in [2.45, 2.75) is 50.2 Å². The zero-order chi connectivity index (χ0) is 31.8. The smallest absolute Gasteiger partial charge is 0.264 e. The van der Waals surface area contributed by atoms with Crippen molar-refractivity contribution in [3.63, 3.8) is 0 Å². The molecule has 2 amide bonds. The van der Waals surface area contributed by atoms with Crippen LogP contribution in [0, 0.1) is 5.92 Å². The molecule has 8 heteroatoms. The number of ether oxygens (including phenoxy) is 2. The second kappa shape index (κ2) is 12.3. The third kappa shape index (κ3) is 5.37. The van der Waals surface area contributed by atoms with E-state index < -0.39 is 13.7 Å². The van der Waals surface area contributed by atoms with Gasteiger partial charge in [-0.15, -0.1) is 0 Å². The minimum absolute atomic E-state index is 0.0223. The first-order valence-electron chi connectivity index (χ1n) is 15.5. The Balaban J connectivity index is 1.45. The van der Waals surface area contributed by atoms with Crippen LogP contribution in [0.4, 0.5) is 11.4 Å². The number of aliphatic hydroxyl groups excluding tert-OH is 1. The van der Waals surface area contributed by atoms with Crippen LogP contribution in [0.1, 0.15) is 34.8 Å². The van der Waals surface area contributed by atoms with E-state index in [4.69, 9.17) is 9.47 Å². The fourth-order valence-electron chi connectivity index (χ4n) is 7.50. The van der Waals surface area contributed by atoms with Gasteiger partial charge in [0, 0.05) is 29.3 Å². The van der Waals surface area contributed by atoms with Crippen molar-refractivity contribution < 1.29 is 24.2 Å². The number of anilines is 2. The van der Waals surface area contributed by atoms with Gasteiger partial charge in [0.15, 0.2) is 5.60 Å². The average molecular weight is 621 g/mol. The summed E-state index contributed by atoms with van der Waals surface area (Å²) in [7, 11) is -0.643. The monoisotopic (exact) mass is 620 g/mol. The van der Waals surface area contributed by atoms with Gasteiger partial charge in [-0.2, -0.15) is 0 Å². The lowest BCUT2D eigenvalue weighted by Crippen LogP contribution is -2.51. The molecular formula is C37H40N2O5Si. The molecule has 4 aromatic rings. The number of hydrogen-bond donors (Lipinski definition) is 2. The molecule has 6 rings (SSSR count). The molecule has 2 aliphatic heterocycles. The molecule has 1 spiro atoms. The Morgan fingerprint density at radius 1 is 0.978 bits per heavy atom. The van der Waals surface area contributed by atoms with Crippen LogP contribution in [0.5, 0.6) is 5.75 Å². The van der Waals surface area contributed by atoms with Gasteiger partial charge in [0.25, 0.3) is 11.8 Å². The lowest BCUT2D eigenvalue weighted by Gasteiger charge is -2.37. The number of benzene rings is 4. The van der Waals surface area contributed by atoms with Gasteiger partial charge in [0.05, 0.1) is 33.5 Å². The molecule has 0 saturated carbocycles. The van der Waals surface area contributed by atoms with Crippen LogP contribution in [0.3, 0.4) is 0 Å². The van der Waals surface area contributed by atoms with Crippen LogP contribution in [-0.4, -0.2) is 44.8 Å². The fourth-order valence-corrected chi connectivity index (χ4v) is 11.6. The average Bonchev–Trinajstić information content (AvgIpc) is 3.48. The topological polar surface area (TPSA) is 88.1 Å². The summed E-state index contributed by atoms with van der Waals surface area (Å²) in [5.41, 5.74) is 2.45. The van der Waals surface area contributed by atoms with Gasteiger partial charge < -0.3 is 24.8 Å². The highest BCUT2D eigenvalue weighted by atomic mass is 28.3. The fraction of sp³-hybridized carbons (Fsp3) is 0.297. The quantitative estimate of drug-likeness (QED) is 0.221. The predicted molar refractivity (Wildman–Crippen MR) is 180 cm³/mol. The number of fused-ring (bicyclic) bond motifs is 2. The van der Waals surface area contributed by atoms with Gasteiger partial charge in [-0.1, -0.05) is 85.9 Å². The number of aliphatic hydroxyl groups is 1. The Labute approximate surface area is 265 Å². The number of nitrogens with one attached hydrogen (secondary N) is 1. The Bertz CT molecular complexity index is 1680. The molecule has 4 atom stereocenters. The van der Waals surface area contributed by atoms with Crippen LogP contribution in [0.2, 0.25) is 18.6 Å². The van der Waals surface area contributed by atoms with Gasteiger partial charge in [0.2, 0.25) is 0 Å². The second-order valence-corrected chi connectivity index (χ2v) is 17.3. The van der Waals surface area contributed by atoms with E-state index in [2.05, 4.69) is 37.5 Å². The minimum Gasteiger partial charge on any atom is -0.497 e. The number of carbonyl (C=O) groups is 2. The first-order valence-corrected chi connectivity index (χ1v) is 18.6. The van der Waals surface area contributed by atoms with Gasteiger partial charge in [-0.25, -0.2) is 0 Å². The van der Waals surface area contributed by atoms with E-state index in [0.717, 1.165) is 22.6 Å². The van der Waals surface area contributed by atoms with Crippen molar-refractivity contribution in [2.75, 3.05) is 23.9 Å². The van der Waals surface area contributed by atoms with Crippen LogP contribution in [0.25, 0.3) is 0 Å². The zero-order valence-corrected chi connectivity index (χ0v) is 27.2. The number of hydrogen-bond acceptors (Lipinski definition) is 5. The third-order valence-electron chi connectivity index (χ3n) is 9.73. The van der Waals surface area contributed by atoms with E-state index in [1.54, 1.807) is 19.2 Å². The van der Waals surface area contributed by atoms with Crippen LogP contribution >= 0.6 is 0 Å². The SMILES string of the molecule is COc1ccc([Si](C)(C)[C@@H]2[C@@H](CCO)O[C@]3(C(=O)N(Cc4ccccc4)c4ccc(NC(=O)c5ccccc5)cc43)[C@H]2C)cc1. The highest BCUT2D eigenvalue weighted by Gasteiger charge is 2.66. The lowest BCUT2D eigenvalue weighted by atomic mass is 9.82. The minimum atomic E-state index is -2.30. The maximum absolute atomic E-state index is 14.8. The maximum Gasteiger partial charge on any atom is 0.264 e. The lowest BCUT2D eigenvalue weighted by molar-refractivity contribution is -0.146. The summed E-state index contributed by atoms with van der Waals surface area (Å²) >= 11 is 0. The van der Waals surface area contributed by atoms with Gasteiger partial charge in [0.1, 0.15) is 5.75 Å². The molecule has 1 fully saturated rings. The van der Waals surface area contributed by atoms with E-state index in [0.29, 0.717) is 24.2 Å². The molecule has 45 heavy (non-hydrogen) atoms. The summed E-state index contributed by atoms with van der Waals surface area (Å²) in [6, 6.07) is 32.9. The maximum atomic E-state index is 14.8. The zero-order valence-electron chi connectivity index (χ0n) is 26.2. The number of amides is 2. The standard InChI is InChI=1S/C37H40N2O5Si/c1-25-34(45(3,4)30-18-16-29(43-2)17-19-30)33(21-22-40)44-37(25)31-23-28(38-35(41)27-13-9-6-10-14-27)15-20-32(31)39(36(37)42)24-26-11-7-5-8-12-26/h5-20,23,25,33-34,40H,21-22,24H2,1-4H3,(H,38,41)/t25-,33+,34-,37+/m0/s1. The molecule has 4 aromatic carbocycles. The van der Waals surface area contributed by atoms with Crippen LogP contribution in [0.15, 0.2) is 103 Å². The normalized spacial score (nSPS) is 22.5. The van der Waals surface area contributed by atoms with Crippen molar-refractivity contribution >= 4 is 36.4 Å². The Kier molecular flexibility index (Phi) is 8.39. The Hall–Kier alpha value is -4.24. The molecule has 2 heterocycles. The van der Waals surface area contributed by atoms with Crippen molar-refractivity contribution in [2.24, 2.45) is 5.92 Å². The summed E-state index contributed by atoms with van der Waals surface area (Å²) in [5, 5.41) is 14.5. The Morgan fingerprint density at radius 2 is 1.64 bits per heavy atom. The van der Waals surface area contributed by atoms with Gasteiger partial charge in [-0.3, -0.25) is 9.59 Å². The molecule has 2 N–H and O–H groups in total. The number of rotatable bonds is 9. The van der Waals surface area contributed by atoms with E-state index in [1.807, 2.05) is 83.8 Å². The first-order chi connectivity index (χ1) is 21.7. The summed E-state index contributed by atoms with van der Waals surface area (Å²) in [6.07, 6.45) is 0.0968. The number of methoxy groups -OCH3 is 1. The van der Waals surface area contributed by atoms with Gasteiger partial charge in [-0.05, 0) is 60.0 Å². The van der Waals surface area contributed by atoms with Crippen molar-refractivity contribution in [3.05, 3.63) is 120 Å². The van der Waals surface area contributed by atoms with Crippen molar-refractivity contribution in [1.82, 2.24) is 0 Å². The second-order valence-electron chi connectivity index (χ2n) is 12.6. The van der Waals surface area contributed by atoms with Crippen LogP contribution in [-0.2, 0) is 21.7 Å². The molecule has 0 unspecified atom stereocenters. The molecule has 0 radical (unpaired) electrons. The molecule has 232 valence electrons. The Morgan fingerprint density at radius 3 is 2.29 bits per heavy atom. The van der Waals surface area contributed by atoms with E-state index >= 15 is 0 Å². The summed E-state index contributed by atoms with van der Waals surface area (Å²) < 4.78 is 12.4. The molecule has 2 aliphatic rings. The van der Waals surface area contributed by atoms with Crippen LogP contribution < -0.4 is 20.1 Å². The molecule has 0 aliphatic carbocycles. The molecule has 0 aromatic heterocycles. The van der Waals surface area contributed by atoms with Crippen molar-refractivity contribution in [1.29, 1.82) is 0 Å². The molecular weight excluding hydrogens is 581 g/mol. The van der Waals surface area contributed by atoms with Gasteiger partial charge >= 0.3 is 0 Å². The molecule has 7 nitrogen and oxygen atoms in total. The number of nitrogens with zero attached hydrogens (tertiary/aromatic N) is 1. The first kappa shape index (κ1) is 30.8. The summed E-state index contributed by atoms with van der Waals surface area (Å²) in [6.45, 7) is 7.12. The third-order valence-corrected chi connectivity index (χ3v) is 14.1. The highest BCUT2D eigenvalue weighted by molar-refractivity contribution is 6.91.